The molecule has 0 aromatic carbocycles. The zero-order valence-corrected chi connectivity index (χ0v) is 10.6. The Hall–Kier alpha value is -0.120. The molecule has 1 unspecified atom stereocenters. The first-order valence-corrected chi connectivity index (χ1v) is 6.16. The molecule has 15 heavy (non-hydrogen) atoms. The second-order valence-corrected chi connectivity index (χ2v) is 5.23. The lowest BCUT2D eigenvalue weighted by molar-refractivity contribution is 0.161. The van der Waals surface area contributed by atoms with Gasteiger partial charge in [-0.25, -0.2) is 0 Å². The molecule has 1 saturated heterocycles. The first-order chi connectivity index (χ1) is 7.13. The Morgan fingerprint density at radius 3 is 2.40 bits per heavy atom. The second-order valence-electron chi connectivity index (χ2n) is 5.23. The fourth-order valence-electron chi connectivity index (χ4n) is 2.47. The van der Waals surface area contributed by atoms with E-state index in [9.17, 15) is 0 Å². The van der Waals surface area contributed by atoms with Crippen LogP contribution in [0.3, 0.4) is 0 Å². The van der Waals surface area contributed by atoms with Crippen LogP contribution >= 0.6 is 0 Å². The van der Waals surface area contributed by atoms with Crippen molar-refractivity contribution in [2.45, 2.75) is 19.3 Å². The molecule has 1 atom stereocenters. The van der Waals surface area contributed by atoms with Gasteiger partial charge in [0.05, 0.1) is 0 Å². The summed E-state index contributed by atoms with van der Waals surface area (Å²) in [6.07, 6.45) is 3.94. The van der Waals surface area contributed by atoms with Crippen LogP contribution in [0.15, 0.2) is 0 Å². The lowest BCUT2D eigenvalue weighted by Crippen LogP contribution is -2.36. The van der Waals surface area contributed by atoms with Gasteiger partial charge in [-0.3, -0.25) is 0 Å². The Morgan fingerprint density at radius 1 is 1.33 bits per heavy atom. The molecule has 1 aliphatic heterocycles. The predicted molar refractivity (Wildman–Crippen MR) is 65.9 cm³/mol. The lowest BCUT2D eigenvalue weighted by Gasteiger charge is -2.34. The summed E-state index contributed by atoms with van der Waals surface area (Å²) in [5.41, 5.74) is 5.89. The van der Waals surface area contributed by atoms with Gasteiger partial charge in [0.15, 0.2) is 0 Å². The fraction of sp³-hybridized carbons (Fsp3) is 1.00. The van der Waals surface area contributed by atoms with Gasteiger partial charge in [-0.1, -0.05) is 0 Å². The lowest BCUT2D eigenvalue weighted by atomic mass is 9.82. The molecule has 90 valence electrons. The van der Waals surface area contributed by atoms with Crippen LogP contribution in [-0.2, 0) is 0 Å². The van der Waals surface area contributed by atoms with E-state index in [2.05, 4.69) is 30.9 Å². The highest BCUT2D eigenvalue weighted by Gasteiger charge is 2.24. The number of hydrogen-bond donors (Lipinski definition) is 1. The van der Waals surface area contributed by atoms with Crippen molar-refractivity contribution in [2.75, 3.05) is 47.3 Å². The largest absolute Gasteiger partial charge is 0.330 e. The molecule has 0 radical (unpaired) electrons. The van der Waals surface area contributed by atoms with Crippen LogP contribution in [0, 0.1) is 11.8 Å². The van der Waals surface area contributed by atoms with E-state index >= 15 is 0 Å². The van der Waals surface area contributed by atoms with Gasteiger partial charge in [-0.2, -0.15) is 0 Å². The van der Waals surface area contributed by atoms with E-state index in [-0.39, 0.29) is 0 Å². The van der Waals surface area contributed by atoms with Crippen molar-refractivity contribution in [1.29, 1.82) is 0 Å². The van der Waals surface area contributed by atoms with E-state index in [1.165, 1.54) is 38.9 Å². The van der Waals surface area contributed by atoms with E-state index in [1.54, 1.807) is 0 Å². The molecule has 0 aromatic heterocycles. The molecule has 1 aliphatic rings. The molecule has 0 bridgehead atoms. The maximum atomic E-state index is 5.89. The third-order valence-electron chi connectivity index (χ3n) is 3.68. The monoisotopic (exact) mass is 213 g/mol. The van der Waals surface area contributed by atoms with Crippen molar-refractivity contribution in [1.82, 2.24) is 9.80 Å². The van der Waals surface area contributed by atoms with Crippen LogP contribution in [0.2, 0.25) is 0 Å². The van der Waals surface area contributed by atoms with Crippen molar-refractivity contribution in [3.05, 3.63) is 0 Å². The summed E-state index contributed by atoms with van der Waals surface area (Å²) >= 11 is 0. The number of nitrogens with zero attached hydrogens (tertiary/aromatic N) is 2. The molecule has 1 fully saturated rings. The maximum Gasteiger partial charge on any atom is -0.00190 e. The topological polar surface area (TPSA) is 32.5 Å². The number of likely N-dealkylation sites (tertiary alicyclic amines) is 1. The first-order valence-electron chi connectivity index (χ1n) is 6.16. The van der Waals surface area contributed by atoms with Crippen LogP contribution < -0.4 is 5.73 Å². The number of rotatable bonds is 5. The Kier molecular flexibility index (Phi) is 5.58. The SMILES string of the molecule is CN(C)CCC(CN)C1CCN(C)CC1. The smallest absolute Gasteiger partial charge is 0.00190 e. The highest BCUT2D eigenvalue weighted by Crippen LogP contribution is 2.26. The molecule has 0 spiro atoms. The van der Waals surface area contributed by atoms with E-state index in [0.717, 1.165) is 18.4 Å². The maximum absolute atomic E-state index is 5.89. The molecule has 0 amide bonds. The molecular formula is C12H27N3. The standard InChI is InChI=1S/C12H27N3/c1-14(2)7-4-12(10-13)11-5-8-15(3)9-6-11/h11-12H,4-10,13H2,1-3H3. The van der Waals surface area contributed by atoms with E-state index in [1.807, 2.05) is 0 Å². The minimum Gasteiger partial charge on any atom is -0.330 e. The van der Waals surface area contributed by atoms with Gasteiger partial charge in [-0.05, 0) is 78.4 Å². The van der Waals surface area contributed by atoms with Gasteiger partial charge in [0.2, 0.25) is 0 Å². The summed E-state index contributed by atoms with van der Waals surface area (Å²) in [7, 11) is 6.50. The summed E-state index contributed by atoms with van der Waals surface area (Å²) in [6.45, 7) is 4.54. The molecule has 2 N–H and O–H groups in total. The molecule has 0 aliphatic carbocycles. The number of piperidine rings is 1. The van der Waals surface area contributed by atoms with Gasteiger partial charge < -0.3 is 15.5 Å². The van der Waals surface area contributed by atoms with Crippen LogP contribution in [0.4, 0.5) is 0 Å². The molecule has 3 heteroatoms. The first kappa shape index (κ1) is 12.9. The number of nitrogens with two attached hydrogens (primary N) is 1. The Balaban J connectivity index is 2.31. The van der Waals surface area contributed by atoms with Gasteiger partial charge in [0.1, 0.15) is 0 Å². The van der Waals surface area contributed by atoms with E-state index in [0.29, 0.717) is 0 Å². The van der Waals surface area contributed by atoms with Crippen molar-refractivity contribution in [2.24, 2.45) is 17.6 Å². The molecular weight excluding hydrogens is 186 g/mol. The predicted octanol–water partition coefficient (Wildman–Crippen LogP) is 0.855. The zero-order valence-electron chi connectivity index (χ0n) is 10.6. The molecule has 3 nitrogen and oxygen atoms in total. The van der Waals surface area contributed by atoms with Crippen molar-refractivity contribution in [3.63, 3.8) is 0 Å². The van der Waals surface area contributed by atoms with Crippen LogP contribution in [0.1, 0.15) is 19.3 Å². The number of hydrogen-bond acceptors (Lipinski definition) is 3. The quantitative estimate of drug-likeness (QED) is 0.735. The van der Waals surface area contributed by atoms with Gasteiger partial charge in [0, 0.05) is 0 Å². The molecule has 0 aromatic rings. The van der Waals surface area contributed by atoms with E-state index < -0.39 is 0 Å². The average Bonchev–Trinajstić information content (AvgIpc) is 2.21. The van der Waals surface area contributed by atoms with E-state index in [4.69, 9.17) is 5.73 Å². The summed E-state index contributed by atoms with van der Waals surface area (Å²) in [5, 5.41) is 0. The fourth-order valence-corrected chi connectivity index (χ4v) is 2.47. The summed E-state index contributed by atoms with van der Waals surface area (Å²) in [6, 6.07) is 0. The zero-order chi connectivity index (χ0) is 11.3. The third kappa shape index (κ3) is 4.49. The molecule has 1 rings (SSSR count). The Labute approximate surface area is 94.6 Å². The normalized spacial score (nSPS) is 22.2. The minimum atomic E-state index is 0.737. The van der Waals surface area contributed by atoms with Crippen molar-refractivity contribution >= 4 is 0 Å². The Bertz CT molecular complexity index is 162. The van der Waals surface area contributed by atoms with Gasteiger partial charge >= 0.3 is 0 Å². The summed E-state index contributed by atoms with van der Waals surface area (Å²) in [5.74, 6) is 1.60. The molecule has 0 saturated carbocycles. The van der Waals surface area contributed by atoms with Crippen molar-refractivity contribution < 1.29 is 0 Å². The van der Waals surface area contributed by atoms with Crippen LogP contribution in [0.25, 0.3) is 0 Å². The molecule has 1 heterocycles. The Morgan fingerprint density at radius 2 is 1.93 bits per heavy atom. The summed E-state index contributed by atoms with van der Waals surface area (Å²) in [4.78, 5) is 4.69. The van der Waals surface area contributed by atoms with Gasteiger partial charge in [-0.15, -0.1) is 0 Å². The second kappa shape index (κ2) is 6.46. The highest BCUT2D eigenvalue weighted by atomic mass is 15.1. The minimum absolute atomic E-state index is 0.737. The van der Waals surface area contributed by atoms with Crippen LogP contribution in [0.5, 0.6) is 0 Å². The summed E-state index contributed by atoms with van der Waals surface area (Å²) < 4.78 is 0. The third-order valence-corrected chi connectivity index (χ3v) is 3.68. The van der Waals surface area contributed by atoms with Crippen molar-refractivity contribution in [3.8, 4) is 0 Å². The van der Waals surface area contributed by atoms with Gasteiger partial charge in [0.25, 0.3) is 0 Å². The average molecular weight is 213 g/mol. The van der Waals surface area contributed by atoms with Crippen LogP contribution in [-0.4, -0.2) is 57.1 Å². The highest BCUT2D eigenvalue weighted by molar-refractivity contribution is 4.77.